The number of halogens is 2. The van der Waals surface area contributed by atoms with Gasteiger partial charge in [0, 0.05) is 17.3 Å². The molecule has 29 heavy (non-hydrogen) atoms. The quantitative estimate of drug-likeness (QED) is 0.479. The number of benzene rings is 3. The molecule has 0 fully saturated rings. The number of carbonyl (C=O) groups excluding carboxylic acids is 2. The third-order valence-electron chi connectivity index (χ3n) is 3.95. The van der Waals surface area contributed by atoms with Crippen LogP contribution in [0.4, 0.5) is 14.5 Å². The van der Waals surface area contributed by atoms with Crippen molar-refractivity contribution in [2.24, 2.45) is 0 Å². The van der Waals surface area contributed by atoms with Crippen molar-refractivity contribution < 1.29 is 23.1 Å². The van der Waals surface area contributed by atoms with Gasteiger partial charge in [-0.1, -0.05) is 42.5 Å². The number of nitrogens with one attached hydrogen (secondary N) is 1. The maximum Gasteiger partial charge on any atom is 0.331 e. The Morgan fingerprint density at radius 3 is 2.28 bits per heavy atom. The molecule has 1 amide bonds. The molecule has 0 radical (unpaired) electrons. The summed E-state index contributed by atoms with van der Waals surface area (Å²) >= 11 is 0. The van der Waals surface area contributed by atoms with Crippen LogP contribution < -0.4 is 5.32 Å². The molecule has 0 aliphatic rings. The van der Waals surface area contributed by atoms with Gasteiger partial charge in [0.05, 0.1) is 0 Å². The lowest BCUT2D eigenvalue weighted by molar-refractivity contribution is -0.149. The molecule has 0 bridgehead atoms. The number of hydrogen-bond acceptors (Lipinski definition) is 3. The van der Waals surface area contributed by atoms with E-state index in [0.717, 1.165) is 6.08 Å². The molecule has 3 rings (SSSR count). The van der Waals surface area contributed by atoms with Crippen LogP contribution >= 0.6 is 0 Å². The van der Waals surface area contributed by atoms with Crippen molar-refractivity contribution in [3.8, 4) is 0 Å². The summed E-state index contributed by atoms with van der Waals surface area (Å²) in [4.78, 5) is 25.0. The van der Waals surface area contributed by atoms with Gasteiger partial charge in [0.2, 0.25) is 6.10 Å². The van der Waals surface area contributed by atoms with Crippen molar-refractivity contribution in [1.29, 1.82) is 0 Å². The van der Waals surface area contributed by atoms with E-state index in [1.807, 2.05) is 0 Å². The Labute approximate surface area is 166 Å². The predicted octanol–water partition coefficient (Wildman–Crippen LogP) is 4.90. The number of amides is 1. The van der Waals surface area contributed by atoms with Gasteiger partial charge in [-0.3, -0.25) is 4.79 Å². The van der Waals surface area contributed by atoms with Gasteiger partial charge in [-0.15, -0.1) is 0 Å². The summed E-state index contributed by atoms with van der Waals surface area (Å²) in [5.41, 5.74) is 1.32. The molecule has 0 saturated heterocycles. The Morgan fingerprint density at radius 2 is 1.59 bits per heavy atom. The maximum atomic E-state index is 13.2. The normalized spacial score (nSPS) is 11.8. The first-order chi connectivity index (χ1) is 14.0. The van der Waals surface area contributed by atoms with Crippen LogP contribution in [0.5, 0.6) is 0 Å². The highest BCUT2D eigenvalue weighted by Crippen LogP contribution is 2.21. The van der Waals surface area contributed by atoms with Crippen LogP contribution in [0.15, 0.2) is 84.9 Å². The van der Waals surface area contributed by atoms with Crippen LogP contribution in [0.1, 0.15) is 17.2 Å². The average Bonchev–Trinajstić information content (AvgIpc) is 2.73. The summed E-state index contributed by atoms with van der Waals surface area (Å²) < 4.78 is 31.6. The molecule has 146 valence electrons. The first-order valence-corrected chi connectivity index (χ1v) is 8.77. The predicted molar refractivity (Wildman–Crippen MR) is 106 cm³/mol. The molecule has 0 unspecified atom stereocenters. The number of anilines is 1. The lowest BCUT2D eigenvalue weighted by Gasteiger charge is -2.17. The summed E-state index contributed by atoms with van der Waals surface area (Å²) in [6.07, 6.45) is 1.30. The lowest BCUT2D eigenvalue weighted by atomic mass is 10.1. The molecule has 1 atom stereocenters. The maximum absolute atomic E-state index is 13.2. The van der Waals surface area contributed by atoms with Crippen molar-refractivity contribution in [2.45, 2.75) is 6.10 Å². The number of esters is 1. The Kier molecular flexibility index (Phi) is 6.47. The topological polar surface area (TPSA) is 55.4 Å². The van der Waals surface area contributed by atoms with Crippen molar-refractivity contribution in [1.82, 2.24) is 0 Å². The monoisotopic (exact) mass is 393 g/mol. The van der Waals surface area contributed by atoms with E-state index in [9.17, 15) is 18.4 Å². The van der Waals surface area contributed by atoms with Crippen LogP contribution in [-0.2, 0) is 14.3 Å². The van der Waals surface area contributed by atoms with E-state index in [4.69, 9.17) is 4.74 Å². The Morgan fingerprint density at radius 1 is 0.862 bits per heavy atom. The molecule has 3 aromatic carbocycles. The Bertz CT molecular complexity index is 1020. The van der Waals surface area contributed by atoms with Crippen LogP contribution in [0.25, 0.3) is 6.08 Å². The third-order valence-corrected chi connectivity index (χ3v) is 3.95. The fourth-order valence-electron chi connectivity index (χ4n) is 2.57. The van der Waals surface area contributed by atoms with Gasteiger partial charge in [0.1, 0.15) is 11.6 Å². The van der Waals surface area contributed by atoms with Crippen LogP contribution in [0, 0.1) is 11.6 Å². The third kappa shape index (κ3) is 5.84. The molecule has 0 aliphatic heterocycles. The minimum absolute atomic E-state index is 0.365. The molecule has 3 aromatic rings. The summed E-state index contributed by atoms with van der Waals surface area (Å²) in [6, 6.07) is 19.4. The van der Waals surface area contributed by atoms with Crippen molar-refractivity contribution >= 4 is 23.6 Å². The fourth-order valence-corrected chi connectivity index (χ4v) is 2.57. The molecule has 4 nitrogen and oxygen atoms in total. The standard InChI is InChI=1S/C23H17F2NO3/c24-18-10-12-20(13-11-18)26-23(28)22(17-6-2-1-3-7-17)29-21(27)14-9-16-5-4-8-19(25)15-16/h1-15,22H,(H,26,28)/b14-9+/t22-/m1/s1. The Balaban J connectivity index is 1.75. The first-order valence-electron chi connectivity index (χ1n) is 8.77. The summed E-state index contributed by atoms with van der Waals surface area (Å²) in [6.45, 7) is 0. The molecule has 6 heteroatoms. The highest BCUT2D eigenvalue weighted by molar-refractivity contribution is 5.97. The van der Waals surface area contributed by atoms with Crippen molar-refractivity contribution in [3.05, 3.63) is 108 Å². The molecule has 0 spiro atoms. The summed E-state index contributed by atoms with van der Waals surface area (Å²) in [5.74, 6) is -2.22. The summed E-state index contributed by atoms with van der Waals surface area (Å²) in [5, 5.41) is 2.60. The summed E-state index contributed by atoms with van der Waals surface area (Å²) in [7, 11) is 0. The first kappa shape index (κ1) is 19.9. The van der Waals surface area contributed by atoms with Gasteiger partial charge in [0.25, 0.3) is 5.91 Å². The van der Waals surface area contributed by atoms with E-state index in [1.54, 1.807) is 36.4 Å². The van der Waals surface area contributed by atoms with E-state index in [-0.39, 0.29) is 0 Å². The van der Waals surface area contributed by atoms with E-state index in [2.05, 4.69) is 5.32 Å². The van der Waals surface area contributed by atoms with Gasteiger partial charge in [-0.25, -0.2) is 13.6 Å². The van der Waals surface area contributed by atoms with Crippen molar-refractivity contribution in [3.63, 3.8) is 0 Å². The minimum atomic E-state index is -1.22. The second-order valence-electron chi connectivity index (χ2n) is 6.11. The fraction of sp³-hybridized carbons (Fsp3) is 0.0435. The molecule has 0 saturated carbocycles. The second kappa shape index (κ2) is 9.41. The number of carbonyl (C=O) groups is 2. The molecule has 0 aromatic heterocycles. The number of ether oxygens (including phenoxy) is 1. The molecule has 1 N–H and O–H groups in total. The zero-order valence-corrected chi connectivity index (χ0v) is 15.2. The van der Waals surface area contributed by atoms with E-state index >= 15 is 0 Å². The number of rotatable bonds is 6. The highest BCUT2D eigenvalue weighted by Gasteiger charge is 2.24. The minimum Gasteiger partial charge on any atom is -0.444 e. The van der Waals surface area contributed by atoms with Gasteiger partial charge in [-0.05, 0) is 48.0 Å². The lowest BCUT2D eigenvalue weighted by Crippen LogP contribution is -2.25. The van der Waals surface area contributed by atoms with Gasteiger partial charge < -0.3 is 10.1 Å². The zero-order chi connectivity index (χ0) is 20.6. The molecular formula is C23H17F2NO3. The van der Waals surface area contributed by atoms with Gasteiger partial charge in [-0.2, -0.15) is 0 Å². The molecule has 0 aliphatic carbocycles. The van der Waals surface area contributed by atoms with Crippen LogP contribution in [0.3, 0.4) is 0 Å². The highest BCUT2D eigenvalue weighted by atomic mass is 19.1. The van der Waals surface area contributed by atoms with E-state index < -0.39 is 29.6 Å². The van der Waals surface area contributed by atoms with Gasteiger partial charge in [0.15, 0.2) is 0 Å². The average molecular weight is 393 g/mol. The van der Waals surface area contributed by atoms with Crippen LogP contribution in [0.2, 0.25) is 0 Å². The van der Waals surface area contributed by atoms with E-state index in [1.165, 1.54) is 48.5 Å². The number of hydrogen-bond donors (Lipinski definition) is 1. The molecule has 0 heterocycles. The second-order valence-corrected chi connectivity index (χ2v) is 6.11. The largest absolute Gasteiger partial charge is 0.444 e. The van der Waals surface area contributed by atoms with E-state index in [0.29, 0.717) is 16.8 Å². The smallest absolute Gasteiger partial charge is 0.331 e. The Hall–Kier alpha value is -3.80. The van der Waals surface area contributed by atoms with Crippen molar-refractivity contribution in [2.75, 3.05) is 5.32 Å². The zero-order valence-electron chi connectivity index (χ0n) is 15.2. The van der Waals surface area contributed by atoms with Crippen LogP contribution in [-0.4, -0.2) is 11.9 Å². The van der Waals surface area contributed by atoms with Gasteiger partial charge >= 0.3 is 5.97 Å². The SMILES string of the molecule is O=C(/C=C/c1cccc(F)c1)O[C@@H](C(=O)Nc1ccc(F)cc1)c1ccccc1. The molecular weight excluding hydrogens is 376 g/mol.